The van der Waals surface area contributed by atoms with Gasteiger partial charge in [-0.25, -0.2) is 0 Å². The van der Waals surface area contributed by atoms with E-state index in [1.165, 1.54) is 0 Å². The molecule has 0 spiro atoms. The van der Waals surface area contributed by atoms with Gasteiger partial charge in [0.05, 0.1) is 13.2 Å². The Morgan fingerprint density at radius 1 is 1.46 bits per heavy atom. The highest BCUT2D eigenvalue weighted by Gasteiger charge is 2.12. The van der Waals surface area contributed by atoms with Crippen molar-refractivity contribution < 1.29 is 4.74 Å². The average molecular weight is 208 g/mol. The maximum Gasteiger partial charge on any atom is 0.110 e. The first-order chi connectivity index (χ1) is 6.13. The summed E-state index contributed by atoms with van der Waals surface area (Å²) >= 11 is 5.51. The third-order valence-corrected chi connectivity index (χ3v) is 1.72. The van der Waals surface area contributed by atoms with Crippen molar-refractivity contribution in [2.24, 2.45) is 11.7 Å². The third-order valence-electron chi connectivity index (χ3n) is 1.56. The van der Waals surface area contributed by atoms with Gasteiger partial charge >= 0.3 is 0 Å². The van der Waals surface area contributed by atoms with E-state index in [9.17, 15) is 0 Å². The van der Waals surface area contributed by atoms with Crippen molar-refractivity contribution in [1.82, 2.24) is 0 Å². The Labute approximate surface area is 87.1 Å². The average Bonchev–Trinajstić information content (AvgIpc) is 2.16. The van der Waals surface area contributed by atoms with Crippen LogP contribution in [0.25, 0.3) is 0 Å². The van der Waals surface area contributed by atoms with Gasteiger partial charge in [0, 0.05) is 5.88 Å². The van der Waals surface area contributed by atoms with E-state index in [4.69, 9.17) is 22.1 Å². The second-order valence-electron chi connectivity index (χ2n) is 2.73. The molecule has 0 aromatic heterocycles. The molecular weight excluding hydrogens is 186 g/mol. The molecule has 0 aromatic rings. The minimum atomic E-state index is -0.0428. The Kier molecular flexibility index (Phi) is 11.6. The summed E-state index contributed by atoms with van der Waals surface area (Å²) in [5, 5.41) is 0. The topological polar surface area (TPSA) is 35.2 Å². The molecule has 0 unspecified atom stereocenters. The minimum absolute atomic E-state index is 0.0428. The first-order valence-electron chi connectivity index (χ1n) is 4.69. The Morgan fingerprint density at radius 3 is 2.15 bits per heavy atom. The molecule has 0 saturated heterocycles. The van der Waals surface area contributed by atoms with Crippen LogP contribution in [0.2, 0.25) is 0 Å². The maximum absolute atomic E-state index is 5.81. The highest BCUT2D eigenvalue weighted by atomic mass is 35.5. The molecular formula is C10H22ClNO. The van der Waals surface area contributed by atoms with Gasteiger partial charge in [-0.3, -0.25) is 0 Å². The number of allylic oxidation sites excluding steroid dienone is 1. The largest absolute Gasteiger partial charge is 0.500 e. The molecule has 0 heterocycles. The highest BCUT2D eigenvalue weighted by Crippen LogP contribution is 2.10. The van der Waals surface area contributed by atoms with Crippen LogP contribution in [0.3, 0.4) is 0 Å². The van der Waals surface area contributed by atoms with Gasteiger partial charge in [0.15, 0.2) is 0 Å². The van der Waals surface area contributed by atoms with Crippen LogP contribution >= 0.6 is 11.6 Å². The zero-order valence-electron chi connectivity index (χ0n) is 9.30. The van der Waals surface area contributed by atoms with E-state index in [2.05, 4.69) is 0 Å². The fraction of sp³-hybridized carbons (Fsp3) is 0.800. The summed E-state index contributed by atoms with van der Waals surface area (Å²) in [6.45, 7) is 8.09. The molecule has 0 radical (unpaired) electrons. The molecule has 2 N–H and O–H groups in total. The minimum Gasteiger partial charge on any atom is -0.500 e. The molecule has 0 aliphatic heterocycles. The predicted octanol–water partition coefficient (Wildman–Crippen LogP) is 2.77. The maximum atomic E-state index is 5.81. The Hall–Kier alpha value is -0.210. The van der Waals surface area contributed by atoms with Gasteiger partial charge < -0.3 is 10.5 Å². The van der Waals surface area contributed by atoms with Gasteiger partial charge in [-0.1, -0.05) is 27.7 Å². The second-order valence-corrected chi connectivity index (χ2v) is 3.04. The Balaban J connectivity index is 0. The van der Waals surface area contributed by atoms with Crippen molar-refractivity contribution in [3.8, 4) is 0 Å². The quantitative estimate of drug-likeness (QED) is 0.569. The molecule has 0 amide bonds. The van der Waals surface area contributed by atoms with Crippen LogP contribution in [-0.2, 0) is 4.74 Å². The second kappa shape index (κ2) is 9.87. The number of hydrogen-bond acceptors (Lipinski definition) is 2. The van der Waals surface area contributed by atoms with Gasteiger partial charge in [0.25, 0.3) is 0 Å². The summed E-state index contributed by atoms with van der Waals surface area (Å²) in [7, 11) is 1.61. The molecule has 0 aliphatic rings. The summed E-state index contributed by atoms with van der Waals surface area (Å²) in [6.07, 6.45) is 1.80. The summed E-state index contributed by atoms with van der Waals surface area (Å²) in [5.74, 6) is 1.60. The summed E-state index contributed by atoms with van der Waals surface area (Å²) in [4.78, 5) is 0. The van der Waals surface area contributed by atoms with Crippen molar-refractivity contribution in [1.29, 1.82) is 0 Å². The Morgan fingerprint density at radius 2 is 1.92 bits per heavy atom. The molecule has 0 aliphatic carbocycles. The lowest BCUT2D eigenvalue weighted by Gasteiger charge is -2.17. The fourth-order valence-electron chi connectivity index (χ4n) is 0.760. The standard InChI is InChI=1S/C8H16ClNO.C2H6/c1-6(2)8(10)7(11-3)4-5-9;1-2/h4,6,8H,5,10H2,1-3H3;1-2H3/b7-4-;/t8-;/m1./s1. The molecule has 3 heteroatoms. The van der Waals surface area contributed by atoms with Crippen molar-refractivity contribution in [3.05, 3.63) is 11.8 Å². The molecule has 0 aromatic carbocycles. The molecule has 0 rings (SSSR count). The number of methoxy groups -OCH3 is 1. The number of hydrogen-bond donors (Lipinski definition) is 1. The van der Waals surface area contributed by atoms with E-state index in [1.54, 1.807) is 13.2 Å². The number of ether oxygens (including phenoxy) is 1. The summed E-state index contributed by atoms with van der Waals surface area (Å²) in [5.41, 5.74) is 5.81. The lowest BCUT2D eigenvalue weighted by molar-refractivity contribution is 0.247. The van der Waals surface area contributed by atoms with E-state index < -0.39 is 0 Å². The normalized spacial score (nSPS) is 13.4. The van der Waals surface area contributed by atoms with E-state index in [-0.39, 0.29) is 6.04 Å². The molecule has 80 valence electrons. The zero-order chi connectivity index (χ0) is 10.9. The monoisotopic (exact) mass is 207 g/mol. The number of halogens is 1. The van der Waals surface area contributed by atoms with Crippen molar-refractivity contribution in [2.45, 2.75) is 33.7 Å². The summed E-state index contributed by atoms with van der Waals surface area (Å²) < 4.78 is 5.07. The van der Waals surface area contributed by atoms with Gasteiger partial charge in [-0.15, -0.1) is 11.6 Å². The zero-order valence-corrected chi connectivity index (χ0v) is 10.1. The number of nitrogens with two attached hydrogens (primary N) is 1. The fourth-order valence-corrected chi connectivity index (χ4v) is 0.912. The van der Waals surface area contributed by atoms with E-state index >= 15 is 0 Å². The van der Waals surface area contributed by atoms with Crippen LogP contribution in [-0.4, -0.2) is 19.0 Å². The number of rotatable bonds is 4. The smallest absolute Gasteiger partial charge is 0.110 e. The SMILES string of the molecule is CC.CO/C(=C\CCl)[C@H](N)C(C)C. The molecule has 2 nitrogen and oxygen atoms in total. The van der Waals surface area contributed by atoms with E-state index in [0.29, 0.717) is 11.8 Å². The van der Waals surface area contributed by atoms with Crippen LogP contribution in [0.5, 0.6) is 0 Å². The first kappa shape index (κ1) is 15.3. The van der Waals surface area contributed by atoms with Crippen LogP contribution in [0.15, 0.2) is 11.8 Å². The van der Waals surface area contributed by atoms with Crippen LogP contribution < -0.4 is 5.73 Å². The Bertz CT molecular complexity index is 135. The van der Waals surface area contributed by atoms with Crippen LogP contribution in [0.1, 0.15) is 27.7 Å². The molecule has 1 atom stereocenters. The van der Waals surface area contributed by atoms with Crippen molar-refractivity contribution >= 4 is 11.6 Å². The molecule has 13 heavy (non-hydrogen) atoms. The first-order valence-corrected chi connectivity index (χ1v) is 5.22. The van der Waals surface area contributed by atoms with Gasteiger partial charge in [0.2, 0.25) is 0 Å². The third kappa shape index (κ3) is 6.91. The van der Waals surface area contributed by atoms with Gasteiger partial charge in [0.1, 0.15) is 5.76 Å². The van der Waals surface area contributed by atoms with Crippen molar-refractivity contribution in [3.63, 3.8) is 0 Å². The van der Waals surface area contributed by atoms with Crippen LogP contribution in [0.4, 0.5) is 0 Å². The van der Waals surface area contributed by atoms with E-state index in [0.717, 1.165) is 5.76 Å². The molecule has 0 saturated carbocycles. The predicted molar refractivity (Wildman–Crippen MR) is 60.0 cm³/mol. The summed E-state index contributed by atoms with van der Waals surface area (Å²) in [6, 6.07) is -0.0428. The van der Waals surface area contributed by atoms with Gasteiger partial charge in [-0.2, -0.15) is 0 Å². The van der Waals surface area contributed by atoms with Crippen molar-refractivity contribution in [2.75, 3.05) is 13.0 Å². The van der Waals surface area contributed by atoms with Gasteiger partial charge in [-0.05, 0) is 12.0 Å². The molecule has 0 fully saturated rings. The molecule has 0 bridgehead atoms. The van der Waals surface area contributed by atoms with E-state index in [1.807, 2.05) is 27.7 Å². The lowest BCUT2D eigenvalue weighted by atomic mass is 10.0. The highest BCUT2D eigenvalue weighted by molar-refractivity contribution is 6.18. The van der Waals surface area contributed by atoms with Crippen LogP contribution in [0, 0.1) is 5.92 Å². The lowest BCUT2D eigenvalue weighted by Crippen LogP contribution is -2.29. The number of alkyl halides is 1.